The number of fused-ring (bicyclic) bond motifs is 1. The zero-order valence-corrected chi connectivity index (χ0v) is 18.0. The summed E-state index contributed by atoms with van der Waals surface area (Å²) in [6.07, 6.45) is -2.47. The second kappa shape index (κ2) is 8.31. The van der Waals surface area contributed by atoms with Crippen molar-refractivity contribution in [2.24, 2.45) is 0 Å². The van der Waals surface area contributed by atoms with Crippen LogP contribution >= 0.6 is 0 Å². The highest BCUT2D eigenvalue weighted by Gasteiger charge is 2.55. The number of non-ortho nitro benzene ring substituents is 1. The smallest absolute Gasteiger partial charge is 0.444 e. The molecule has 0 saturated carbocycles. The molecule has 0 aromatic heterocycles. The van der Waals surface area contributed by atoms with E-state index in [1.165, 1.54) is 29.2 Å². The van der Waals surface area contributed by atoms with Crippen LogP contribution in [-0.2, 0) is 18.9 Å². The highest BCUT2D eigenvalue weighted by molar-refractivity contribution is 5.69. The van der Waals surface area contributed by atoms with Crippen LogP contribution in [0.2, 0.25) is 0 Å². The minimum absolute atomic E-state index is 0.0884. The largest absolute Gasteiger partial charge is 0.513 e. The standard InChI is InChI=1S/C20H26N2O9/c1-19(2,3)31-17(23)21-10-15-16(30-20(4,5)29-15)14(21)11-27-18(24)28-13-8-6-12(7-9-13)22(25)26/h6-9,14-16H,10-11H2,1-5H3. The van der Waals surface area contributed by atoms with E-state index in [1.807, 2.05) is 0 Å². The number of nitro groups is 1. The van der Waals surface area contributed by atoms with Crippen molar-refractivity contribution in [1.29, 1.82) is 0 Å². The molecule has 3 atom stereocenters. The molecule has 3 unspecified atom stereocenters. The molecule has 11 nitrogen and oxygen atoms in total. The molecule has 2 fully saturated rings. The monoisotopic (exact) mass is 438 g/mol. The van der Waals surface area contributed by atoms with Gasteiger partial charge in [0.05, 0.1) is 17.5 Å². The second-order valence-electron chi connectivity index (χ2n) is 8.75. The van der Waals surface area contributed by atoms with Gasteiger partial charge in [0, 0.05) is 12.1 Å². The summed E-state index contributed by atoms with van der Waals surface area (Å²) >= 11 is 0. The van der Waals surface area contributed by atoms with E-state index in [0.29, 0.717) is 0 Å². The molecule has 1 aromatic rings. The number of likely N-dealkylation sites (tertiary alicyclic amines) is 1. The molecule has 1 amide bonds. The third kappa shape index (κ3) is 5.61. The van der Waals surface area contributed by atoms with Crippen molar-refractivity contribution in [3.8, 4) is 5.75 Å². The maximum atomic E-state index is 12.7. The van der Waals surface area contributed by atoms with Crippen LogP contribution in [0.25, 0.3) is 0 Å². The molecule has 2 saturated heterocycles. The first kappa shape index (κ1) is 22.8. The lowest BCUT2D eigenvalue weighted by atomic mass is 10.1. The maximum Gasteiger partial charge on any atom is 0.513 e. The lowest BCUT2D eigenvalue weighted by molar-refractivity contribution is -0.384. The first-order valence-corrected chi connectivity index (χ1v) is 9.79. The highest BCUT2D eigenvalue weighted by atomic mass is 16.8. The summed E-state index contributed by atoms with van der Waals surface area (Å²) in [5, 5.41) is 10.7. The van der Waals surface area contributed by atoms with Gasteiger partial charge < -0.3 is 23.7 Å². The van der Waals surface area contributed by atoms with Gasteiger partial charge in [-0.2, -0.15) is 0 Å². The number of benzene rings is 1. The van der Waals surface area contributed by atoms with E-state index in [2.05, 4.69) is 0 Å². The summed E-state index contributed by atoms with van der Waals surface area (Å²) in [6.45, 7) is 8.83. The first-order chi connectivity index (χ1) is 14.3. The topological polar surface area (TPSA) is 127 Å². The van der Waals surface area contributed by atoms with Crippen LogP contribution in [0.5, 0.6) is 5.75 Å². The zero-order chi connectivity index (χ0) is 23.0. The Bertz CT molecular complexity index is 847. The zero-order valence-electron chi connectivity index (χ0n) is 18.0. The molecule has 1 aromatic carbocycles. The van der Waals surface area contributed by atoms with Gasteiger partial charge in [-0.25, -0.2) is 9.59 Å². The Hall–Kier alpha value is -2.92. The van der Waals surface area contributed by atoms with Crippen molar-refractivity contribution < 1.29 is 38.2 Å². The molecule has 31 heavy (non-hydrogen) atoms. The number of rotatable bonds is 4. The fraction of sp³-hybridized carbons (Fsp3) is 0.600. The summed E-state index contributed by atoms with van der Waals surface area (Å²) in [6, 6.07) is 4.36. The Morgan fingerprint density at radius 3 is 2.45 bits per heavy atom. The number of nitro benzene ring substituents is 1. The number of amides is 1. The average Bonchev–Trinajstić information content (AvgIpc) is 3.11. The molecule has 0 radical (unpaired) electrons. The lowest BCUT2D eigenvalue weighted by Gasteiger charge is -2.31. The molecule has 2 aliphatic rings. The Morgan fingerprint density at radius 2 is 1.87 bits per heavy atom. The average molecular weight is 438 g/mol. The van der Waals surface area contributed by atoms with Crippen molar-refractivity contribution in [2.75, 3.05) is 13.2 Å². The van der Waals surface area contributed by atoms with Gasteiger partial charge in [0.25, 0.3) is 5.69 Å². The highest BCUT2D eigenvalue weighted by Crippen LogP contribution is 2.37. The molecule has 0 spiro atoms. The molecular formula is C20H26N2O9. The normalized spacial score (nSPS) is 24.4. The maximum absolute atomic E-state index is 12.7. The summed E-state index contributed by atoms with van der Waals surface area (Å²) in [5.74, 6) is -0.738. The van der Waals surface area contributed by atoms with Crippen molar-refractivity contribution in [3.05, 3.63) is 34.4 Å². The van der Waals surface area contributed by atoms with E-state index in [4.69, 9.17) is 23.7 Å². The molecule has 170 valence electrons. The van der Waals surface area contributed by atoms with Crippen LogP contribution < -0.4 is 4.74 Å². The predicted octanol–water partition coefficient (Wildman–Crippen LogP) is 3.25. The number of hydrogen-bond donors (Lipinski definition) is 0. The van der Waals surface area contributed by atoms with Gasteiger partial charge in [-0.1, -0.05) is 0 Å². The van der Waals surface area contributed by atoms with Crippen LogP contribution in [0, 0.1) is 10.1 Å². The van der Waals surface area contributed by atoms with Gasteiger partial charge in [0.15, 0.2) is 5.79 Å². The van der Waals surface area contributed by atoms with E-state index in [0.717, 1.165) is 0 Å². The molecule has 0 aliphatic carbocycles. The van der Waals surface area contributed by atoms with Crippen molar-refractivity contribution in [2.45, 2.75) is 64.3 Å². The Labute approximate surface area is 179 Å². The molecule has 3 rings (SSSR count). The van der Waals surface area contributed by atoms with Crippen LogP contribution in [0.3, 0.4) is 0 Å². The van der Waals surface area contributed by atoms with Crippen LogP contribution in [0.15, 0.2) is 24.3 Å². The molecule has 11 heteroatoms. The molecule has 0 N–H and O–H groups in total. The molecular weight excluding hydrogens is 412 g/mol. The van der Waals surface area contributed by atoms with E-state index in [9.17, 15) is 19.7 Å². The summed E-state index contributed by atoms with van der Waals surface area (Å²) in [5.41, 5.74) is -0.831. The minimum atomic E-state index is -1.01. The fourth-order valence-corrected chi connectivity index (χ4v) is 3.47. The van der Waals surface area contributed by atoms with Gasteiger partial charge in [-0.15, -0.1) is 0 Å². The van der Waals surface area contributed by atoms with Crippen LogP contribution in [0.4, 0.5) is 15.3 Å². The molecule has 2 heterocycles. The number of carbonyl (C=O) groups is 2. The number of hydrogen-bond acceptors (Lipinski definition) is 9. The van der Waals surface area contributed by atoms with E-state index in [1.54, 1.807) is 34.6 Å². The van der Waals surface area contributed by atoms with Gasteiger partial charge in [-0.05, 0) is 46.8 Å². The van der Waals surface area contributed by atoms with Crippen molar-refractivity contribution in [1.82, 2.24) is 4.90 Å². The van der Waals surface area contributed by atoms with E-state index in [-0.39, 0.29) is 30.7 Å². The third-order valence-corrected chi connectivity index (χ3v) is 4.63. The van der Waals surface area contributed by atoms with Crippen molar-refractivity contribution >= 4 is 17.9 Å². The summed E-state index contributed by atoms with van der Waals surface area (Å²) in [4.78, 5) is 36.3. The number of carbonyl (C=O) groups excluding carboxylic acids is 2. The lowest BCUT2D eigenvalue weighted by Crippen LogP contribution is -2.47. The van der Waals surface area contributed by atoms with Gasteiger partial charge in [-0.3, -0.25) is 15.0 Å². The number of ether oxygens (including phenoxy) is 5. The van der Waals surface area contributed by atoms with Gasteiger partial charge in [0.2, 0.25) is 0 Å². The third-order valence-electron chi connectivity index (χ3n) is 4.63. The minimum Gasteiger partial charge on any atom is -0.444 e. The predicted molar refractivity (Wildman–Crippen MR) is 106 cm³/mol. The Balaban J connectivity index is 1.64. The van der Waals surface area contributed by atoms with E-state index >= 15 is 0 Å². The Morgan fingerprint density at radius 1 is 1.23 bits per heavy atom. The number of nitrogens with zero attached hydrogens (tertiary/aromatic N) is 2. The van der Waals surface area contributed by atoms with E-state index < -0.39 is 40.7 Å². The quantitative estimate of drug-likeness (QED) is 0.301. The summed E-state index contributed by atoms with van der Waals surface area (Å²) in [7, 11) is 0. The second-order valence-corrected chi connectivity index (χ2v) is 8.75. The first-order valence-electron chi connectivity index (χ1n) is 9.79. The fourth-order valence-electron chi connectivity index (χ4n) is 3.47. The van der Waals surface area contributed by atoms with Crippen LogP contribution in [0.1, 0.15) is 34.6 Å². The Kier molecular flexibility index (Phi) is 6.10. The molecule has 0 bridgehead atoms. The summed E-state index contributed by atoms with van der Waals surface area (Å²) < 4.78 is 27.5. The van der Waals surface area contributed by atoms with Crippen LogP contribution in [-0.4, -0.2) is 64.9 Å². The molecule has 2 aliphatic heterocycles. The van der Waals surface area contributed by atoms with Gasteiger partial charge >= 0.3 is 12.2 Å². The van der Waals surface area contributed by atoms with Gasteiger partial charge in [0.1, 0.15) is 30.2 Å². The van der Waals surface area contributed by atoms with Crippen molar-refractivity contribution in [3.63, 3.8) is 0 Å². The SMILES string of the molecule is CC(C)(C)OC(=O)N1CC2OC(C)(C)OC2C1COC(=O)Oc1ccc([N+](=O)[O-])cc1.